The summed E-state index contributed by atoms with van der Waals surface area (Å²) in [7, 11) is -3.94. The van der Waals surface area contributed by atoms with Crippen molar-refractivity contribution in [2.24, 2.45) is 5.92 Å². The molecule has 1 unspecified atom stereocenters. The number of carbonyl (C=O) groups excluding carboxylic acids is 1. The van der Waals surface area contributed by atoms with E-state index in [4.69, 9.17) is 9.47 Å². The van der Waals surface area contributed by atoms with Crippen LogP contribution >= 0.6 is 0 Å². The summed E-state index contributed by atoms with van der Waals surface area (Å²) in [5.41, 5.74) is 2.98. The fourth-order valence-corrected chi connectivity index (χ4v) is 5.49. The third kappa shape index (κ3) is 7.02. The number of pyridine rings is 1. The first kappa shape index (κ1) is 27.4. The smallest absolute Gasteiger partial charge is 0.324 e. The maximum absolute atomic E-state index is 13.1. The van der Waals surface area contributed by atoms with E-state index in [0.717, 1.165) is 16.9 Å². The number of aromatic nitrogens is 1. The molecule has 1 aliphatic rings. The van der Waals surface area contributed by atoms with Gasteiger partial charge in [-0.2, -0.15) is 4.72 Å². The van der Waals surface area contributed by atoms with Gasteiger partial charge in [-0.15, -0.1) is 0 Å². The molecule has 38 heavy (non-hydrogen) atoms. The van der Waals surface area contributed by atoms with Gasteiger partial charge >= 0.3 is 5.97 Å². The van der Waals surface area contributed by atoms with Crippen LogP contribution in [-0.2, 0) is 26.1 Å². The van der Waals surface area contributed by atoms with Gasteiger partial charge in [0.15, 0.2) is 0 Å². The van der Waals surface area contributed by atoms with Gasteiger partial charge in [0.05, 0.1) is 28.6 Å². The largest absolute Gasteiger partial charge is 0.490 e. The molecular weight excluding hydrogens is 504 g/mol. The van der Waals surface area contributed by atoms with Crippen molar-refractivity contribution in [3.8, 4) is 5.75 Å². The highest BCUT2D eigenvalue weighted by molar-refractivity contribution is 7.89. The first-order chi connectivity index (χ1) is 18.2. The highest BCUT2D eigenvalue weighted by Crippen LogP contribution is 2.34. The van der Waals surface area contributed by atoms with Crippen molar-refractivity contribution in [2.75, 3.05) is 23.4 Å². The van der Waals surface area contributed by atoms with Crippen molar-refractivity contribution in [1.29, 1.82) is 0 Å². The molecule has 10 heteroatoms. The van der Waals surface area contributed by atoms with Crippen molar-refractivity contribution in [2.45, 2.75) is 50.8 Å². The van der Waals surface area contributed by atoms with Crippen LogP contribution in [0.3, 0.4) is 0 Å². The minimum Gasteiger partial charge on any atom is -0.490 e. The Bertz CT molecular complexity index is 1320. The molecule has 2 aromatic carbocycles. The Balaban J connectivity index is 1.36. The summed E-state index contributed by atoms with van der Waals surface area (Å²) in [6.07, 6.45) is 3.94. The number of hydrogen-bond donors (Lipinski definition) is 2. The SMILES string of the molecule is CC(C)C[C@H](NS(=O)(=O)c1ccc(CN2c3ccncc3NC2C)cc1)C(=O)OCCOc1ccccc1. The number of para-hydroxylation sites is 1. The Kier molecular flexibility index (Phi) is 8.85. The molecule has 9 nitrogen and oxygen atoms in total. The summed E-state index contributed by atoms with van der Waals surface area (Å²) in [4.78, 5) is 19.2. The van der Waals surface area contributed by atoms with E-state index in [0.29, 0.717) is 18.7 Å². The number of sulfonamides is 1. The van der Waals surface area contributed by atoms with E-state index in [-0.39, 0.29) is 30.2 Å². The standard InChI is InChI=1S/C28H34N4O5S/c1-20(2)17-25(28(33)37-16-15-36-23-7-5-4-6-8-23)31-38(34,35)24-11-9-22(10-12-24)19-32-21(3)30-26-18-29-14-13-27(26)32/h4-14,18,20-21,25,30-31H,15-17,19H2,1-3H3/t21?,25-/m0/s1. The second-order valence-electron chi connectivity index (χ2n) is 9.62. The van der Waals surface area contributed by atoms with Crippen LogP contribution in [0, 0.1) is 5.92 Å². The summed E-state index contributed by atoms with van der Waals surface area (Å²) in [6.45, 7) is 6.69. The van der Waals surface area contributed by atoms with E-state index in [1.807, 2.05) is 50.2 Å². The Hall–Kier alpha value is -3.63. The molecule has 2 heterocycles. The van der Waals surface area contributed by atoms with Crippen LogP contribution in [0.2, 0.25) is 0 Å². The minimum atomic E-state index is -3.94. The third-order valence-corrected chi connectivity index (χ3v) is 7.64. The summed E-state index contributed by atoms with van der Waals surface area (Å²) < 4.78 is 39.7. The molecule has 0 fully saturated rings. The molecule has 1 aliphatic heterocycles. The summed E-state index contributed by atoms with van der Waals surface area (Å²) in [6, 6.07) is 16.8. The summed E-state index contributed by atoms with van der Waals surface area (Å²) in [5, 5.41) is 3.38. The molecule has 2 atom stereocenters. The zero-order valence-corrected chi connectivity index (χ0v) is 22.6. The van der Waals surface area contributed by atoms with Crippen molar-refractivity contribution >= 4 is 27.4 Å². The lowest BCUT2D eigenvalue weighted by atomic mass is 10.1. The number of ether oxygens (including phenoxy) is 2. The van der Waals surface area contributed by atoms with E-state index >= 15 is 0 Å². The third-order valence-electron chi connectivity index (χ3n) is 6.15. The normalized spacial score (nSPS) is 15.6. The van der Waals surface area contributed by atoms with Gasteiger partial charge in [0.25, 0.3) is 0 Å². The fourth-order valence-electron chi connectivity index (χ4n) is 4.29. The summed E-state index contributed by atoms with van der Waals surface area (Å²) in [5.74, 6) is 0.120. The van der Waals surface area contributed by atoms with Crippen LogP contribution < -0.4 is 19.7 Å². The quantitative estimate of drug-likeness (QED) is 0.261. The van der Waals surface area contributed by atoms with Gasteiger partial charge < -0.3 is 19.7 Å². The number of carbonyl (C=O) groups is 1. The summed E-state index contributed by atoms with van der Waals surface area (Å²) >= 11 is 0. The van der Waals surface area contributed by atoms with E-state index in [2.05, 4.69) is 26.8 Å². The molecule has 1 aromatic heterocycles. The van der Waals surface area contributed by atoms with Crippen LogP contribution in [0.1, 0.15) is 32.8 Å². The number of benzene rings is 2. The van der Waals surface area contributed by atoms with Crippen molar-refractivity contribution in [3.05, 3.63) is 78.6 Å². The van der Waals surface area contributed by atoms with Gasteiger partial charge in [0.1, 0.15) is 25.0 Å². The van der Waals surface area contributed by atoms with Gasteiger partial charge in [-0.3, -0.25) is 9.78 Å². The highest BCUT2D eigenvalue weighted by atomic mass is 32.2. The predicted molar refractivity (Wildman–Crippen MR) is 146 cm³/mol. The monoisotopic (exact) mass is 538 g/mol. The van der Waals surface area contributed by atoms with E-state index in [1.54, 1.807) is 36.7 Å². The molecular formula is C28H34N4O5S. The fraction of sp³-hybridized carbons (Fsp3) is 0.357. The van der Waals surface area contributed by atoms with Gasteiger partial charge in [-0.1, -0.05) is 44.2 Å². The van der Waals surface area contributed by atoms with Crippen molar-refractivity contribution in [3.63, 3.8) is 0 Å². The Labute approximate surface area is 224 Å². The lowest BCUT2D eigenvalue weighted by Crippen LogP contribution is -2.43. The molecule has 0 radical (unpaired) electrons. The van der Waals surface area contributed by atoms with Crippen LogP contribution in [0.5, 0.6) is 5.75 Å². The van der Waals surface area contributed by atoms with Gasteiger partial charge in [-0.05, 0) is 55.2 Å². The van der Waals surface area contributed by atoms with Crippen LogP contribution in [-0.4, -0.2) is 44.8 Å². The topological polar surface area (TPSA) is 110 Å². The number of fused-ring (bicyclic) bond motifs is 1. The predicted octanol–water partition coefficient (Wildman–Crippen LogP) is 4.17. The van der Waals surface area contributed by atoms with Gasteiger partial charge in [0, 0.05) is 12.7 Å². The minimum absolute atomic E-state index is 0.0156. The number of esters is 1. The lowest BCUT2D eigenvalue weighted by molar-refractivity contribution is -0.146. The Morgan fingerprint density at radius 2 is 1.82 bits per heavy atom. The first-order valence-electron chi connectivity index (χ1n) is 12.7. The molecule has 0 spiro atoms. The van der Waals surface area contributed by atoms with Crippen LogP contribution in [0.15, 0.2) is 78.0 Å². The number of anilines is 2. The molecule has 2 N–H and O–H groups in total. The maximum Gasteiger partial charge on any atom is 0.324 e. The van der Waals surface area contributed by atoms with E-state index in [9.17, 15) is 13.2 Å². The van der Waals surface area contributed by atoms with Crippen molar-refractivity contribution in [1.82, 2.24) is 9.71 Å². The van der Waals surface area contributed by atoms with Crippen LogP contribution in [0.4, 0.5) is 11.4 Å². The molecule has 0 aliphatic carbocycles. The Morgan fingerprint density at radius 3 is 2.53 bits per heavy atom. The van der Waals surface area contributed by atoms with Crippen LogP contribution in [0.25, 0.3) is 0 Å². The van der Waals surface area contributed by atoms with Crippen molar-refractivity contribution < 1.29 is 22.7 Å². The van der Waals surface area contributed by atoms with E-state index < -0.39 is 22.0 Å². The average Bonchev–Trinajstić information content (AvgIpc) is 3.21. The number of rotatable bonds is 12. The zero-order valence-electron chi connectivity index (χ0n) is 21.8. The molecule has 4 rings (SSSR count). The lowest BCUT2D eigenvalue weighted by Gasteiger charge is -2.24. The van der Waals surface area contributed by atoms with Gasteiger partial charge in [0.2, 0.25) is 10.0 Å². The maximum atomic E-state index is 13.1. The Morgan fingerprint density at radius 1 is 1.08 bits per heavy atom. The number of nitrogens with one attached hydrogen (secondary N) is 2. The average molecular weight is 539 g/mol. The second kappa shape index (κ2) is 12.3. The molecule has 0 bridgehead atoms. The molecule has 202 valence electrons. The van der Waals surface area contributed by atoms with Gasteiger partial charge in [-0.25, -0.2) is 8.42 Å². The molecule has 0 amide bonds. The molecule has 0 saturated carbocycles. The second-order valence-corrected chi connectivity index (χ2v) is 11.3. The zero-order chi connectivity index (χ0) is 27.1. The molecule has 0 saturated heterocycles. The van der Waals surface area contributed by atoms with E-state index in [1.165, 1.54) is 0 Å². The number of nitrogens with zero attached hydrogens (tertiary/aromatic N) is 2. The first-order valence-corrected chi connectivity index (χ1v) is 14.1. The molecule has 3 aromatic rings. The number of hydrogen-bond acceptors (Lipinski definition) is 8. The highest BCUT2D eigenvalue weighted by Gasteiger charge is 2.28.